The Balaban J connectivity index is 1.49. The number of hydrogen-bond acceptors (Lipinski definition) is 4. The number of pyridine rings is 1. The van der Waals surface area contributed by atoms with Crippen molar-refractivity contribution in [2.45, 2.75) is 56.6 Å². The minimum Gasteiger partial charge on any atom is -0.381 e. The van der Waals surface area contributed by atoms with Crippen molar-refractivity contribution in [3.05, 3.63) is 64.2 Å². The number of ether oxygens (including phenoxy) is 2. The molecule has 0 bridgehead atoms. The highest BCUT2D eigenvalue weighted by molar-refractivity contribution is 6.31. The molecule has 0 radical (unpaired) electrons. The molecule has 1 unspecified atom stereocenters. The smallest absolute Gasteiger partial charge is 0.141 e. The Morgan fingerprint density at radius 1 is 1.13 bits per heavy atom. The van der Waals surface area contributed by atoms with Gasteiger partial charge < -0.3 is 14.8 Å². The Bertz CT molecular complexity index is 849. The van der Waals surface area contributed by atoms with E-state index in [1.54, 1.807) is 0 Å². The van der Waals surface area contributed by atoms with Gasteiger partial charge in [0.25, 0.3) is 0 Å². The summed E-state index contributed by atoms with van der Waals surface area (Å²) in [4.78, 5) is 4.51. The largest absolute Gasteiger partial charge is 0.381 e. The van der Waals surface area contributed by atoms with Crippen LogP contribution in [0.4, 0.5) is 4.39 Å². The molecule has 162 valence electrons. The molecule has 30 heavy (non-hydrogen) atoms. The topological polar surface area (TPSA) is 43.4 Å². The average molecular weight is 433 g/mol. The first-order valence-electron chi connectivity index (χ1n) is 10.8. The first-order chi connectivity index (χ1) is 14.5. The Kier molecular flexibility index (Phi) is 6.73. The highest BCUT2D eigenvalue weighted by Gasteiger charge is 2.47. The summed E-state index contributed by atoms with van der Waals surface area (Å²) in [6.07, 6.45) is 5.88. The molecule has 4 nitrogen and oxygen atoms in total. The van der Waals surface area contributed by atoms with Crippen LogP contribution in [0.25, 0.3) is 0 Å². The summed E-state index contributed by atoms with van der Waals surface area (Å²) in [5.41, 5.74) is 3.02. The van der Waals surface area contributed by atoms with Gasteiger partial charge in [0, 0.05) is 42.5 Å². The highest BCUT2D eigenvalue weighted by Crippen LogP contribution is 2.47. The molecule has 1 aromatic heterocycles. The van der Waals surface area contributed by atoms with E-state index < -0.39 is 0 Å². The van der Waals surface area contributed by atoms with Crippen molar-refractivity contribution in [2.24, 2.45) is 0 Å². The van der Waals surface area contributed by atoms with Gasteiger partial charge in [0.05, 0.1) is 11.8 Å². The summed E-state index contributed by atoms with van der Waals surface area (Å²) in [6, 6.07) is 9.40. The zero-order chi connectivity index (χ0) is 21.0. The second-order valence-corrected chi connectivity index (χ2v) is 9.07. The number of nitrogens with one attached hydrogen (secondary N) is 1. The quantitative estimate of drug-likeness (QED) is 0.655. The maximum absolute atomic E-state index is 13.6. The summed E-state index contributed by atoms with van der Waals surface area (Å²) in [7, 11) is 0. The van der Waals surface area contributed by atoms with Crippen LogP contribution in [0.15, 0.2) is 36.5 Å². The minimum atomic E-state index is -0.295. The Morgan fingerprint density at radius 2 is 1.97 bits per heavy atom. The van der Waals surface area contributed by atoms with Crippen LogP contribution in [0.5, 0.6) is 0 Å². The SMILES string of the molecule is Cc1c(Cl)cccc1CNCCC1(c2ccc(F)cn2)CCOC2(CCOCC2)C1. The third kappa shape index (κ3) is 4.70. The van der Waals surface area contributed by atoms with Gasteiger partial charge in [-0.1, -0.05) is 23.7 Å². The molecule has 6 heteroatoms. The normalized spacial score (nSPS) is 23.6. The standard InChI is InChI=1S/C24H30ClFN2O2/c1-18-19(3-2-4-21(18)25)15-27-11-7-23(22-6-5-20(26)16-28-22)8-14-30-24(17-23)9-12-29-13-10-24/h2-6,16,27H,7-15,17H2,1H3. The molecule has 2 fully saturated rings. The van der Waals surface area contributed by atoms with E-state index in [0.717, 1.165) is 74.7 Å². The fourth-order valence-electron chi connectivity index (χ4n) is 4.93. The van der Waals surface area contributed by atoms with Gasteiger partial charge in [0.15, 0.2) is 0 Å². The average Bonchev–Trinajstić information content (AvgIpc) is 2.75. The molecule has 1 atom stereocenters. The van der Waals surface area contributed by atoms with Crippen LogP contribution in [-0.4, -0.2) is 37.0 Å². The molecule has 0 aliphatic carbocycles. The molecule has 3 heterocycles. The Hall–Kier alpha value is -1.53. The van der Waals surface area contributed by atoms with E-state index >= 15 is 0 Å². The molecule has 2 aliphatic heterocycles. The van der Waals surface area contributed by atoms with Crippen LogP contribution in [0, 0.1) is 12.7 Å². The molecule has 0 saturated carbocycles. The first-order valence-corrected chi connectivity index (χ1v) is 11.2. The fourth-order valence-corrected chi connectivity index (χ4v) is 5.12. The van der Waals surface area contributed by atoms with E-state index in [2.05, 4.69) is 23.3 Å². The molecule has 1 N–H and O–H groups in total. The molecule has 2 saturated heterocycles. The predicted molar refractivity (Wildman–Crippen MR) is 116 cm³/mol. The predicted octanol–water partition coefficient (Wildman–Crippen LogP) is 4.96. The molecule has 4 rings (SSSR count). The number of nitrogens with zero attached hydrogens (tertiary/aromatic N) is 1. The zero-order valence-electron chi connectivity index (χ0n) is 17.6. The van der Waals surface area contributed by atoms with Gasteiger partial charge in [-0.2, -0.15) is 0 Å². The van der Waals surface area contributed by atoms with E-state index in [0.29, 0.717) is 6.61 Å². The lowest BCUT2D eigenvalue weighted by Gasteiger charge is -2.49. The lowest BCUT2D eigenvalue weighted by molar-refractivity contribution is -0.154. The van der Waals surface area contributed by atoms with E-state index in [4.69, 9.17) is 21.1 Å². The summed E-state index contributed by atoms with van der Waals surface area (Å²) in [5, 5.41) is 4.39. The zero-order valence-corrected chi connectivity index (χ0v) is 18.3. The van der Waals surface area contributed by atoms with Crippen LogP contribution in [-0.2, 0) is 21.4 Å². The third-order valence-electron chi connectivity index (χ3n) is 6.80. The van der Waals surface area contributed by atoms with E-state index in [9.17, 15) is 4.39 Å². The van der Waals surface area contributed by atoms with Crippen molar-refractivity contribution in [3.8, 4) is 0 Å². The summed E-state index contributed by atoms with van der Waals surface area (Å²) < 4.78 is 25.4. The van der Waals surface area contributed by atoms with Crippen LogP contribution < -0.4 is 5.32 Å². The number of aromatic nitrogens is 1. The maximum Gasteiger partial charge on any atom is 0.141 e. The van der Waals surface area contributed by atoms with E-state index in [1.165, 1.54) is 17.8 Å². The number of rotatable bonds is 6. The van der Waals surface area contributed by atoms with Crippen molar-refractivity contribution in [1.82, 2.24) is 10.3 Å². The van der Waals surface area contributed by atoms with Crippen molar-refractivity contribution < 1.29 is 13.9 Å². The number of benzene rings is 1. The summed E-state index contributed by atoms with van der Waals surface area (Å²) >= 11 is 6.26. The van der Waals surface area contributed by atoms with Gasteiger partial charge in [0.2, 0.25) is 0 Å². The molecule has 1 aromatic carbocycles. The van der Waals surface area contributed by atoms with Crippen molar-refractivity contribution in [2.75, 3.05) is 26.4 Å². The van der Waals surface area contributed by atoms with Gasteiger partial charge in [-0.3, -0.25) is 4.98 Å². The highest BCUT2D eigenvalue weighted by atomic mass is 35.5. The van der Waals surface area contributed by atoms with Crippen molar-refractivity contribution in [1.29, 1.82) is 0 Å². The molecule has 1 spiro atoms. The van der Waals surface area contributed by atoms with Gasteiger partial charge in [0.1, 0.15) is 5.82 Å². The molecular formula is C24H30ClFN2O2. The monoisotopic (exact) mass is 432 g/mol. The second kappa shape index (κ2) is 9.31. The first kappa shape index (κ1) is 21.7. The molecule has 0 amide bonds. The fraction of sp³-hybridized carbons (Fsp3) is 0.542. The van der Waals surface area contributed by atoms with Crippen LogP contribution in [0.3, 0.4) is 0 Å². The molecule has 2 aliphatic rings. The van der Waals surface area contributed by atoms with Crippen molar-refractivity contribution in [3.63, 3.8) is 0 Å². The Labute approximate surface area is 183 Å². The van der Waals surface area contributed by atoms with Crippen LogP contribution in [0.1, 0.15) is 48.9 Å². The maximum atomic E-state index is 13.6. The second-order valence-electron chi connectivity index (χ2n) is 8.66. The Morgan fingerprint density at radius 3 is 2.73 bits per heavy atom. The van der Waals surface area contributed by atoms with E-state index in [-0.39, 0.29) is 16.8 Å². The van der Waals surface area contributed by atoms with Crippen LogP contribution >= 0.6 is 11.6 Å². The summed E-state index contributed by atoms with van der Waals surface area (Å²) in [6.45, 7) is 5.84. The lowest BCUT2D eigenvalue weighted by Crippen LogP contribution is -2.51. The van der Waals surface area contributed by atoms with E-state index in [1.807, 2.05) is 18.2 Å². The van der Waals surface area contributed by atoms with Gasteiger partial charge in [-0.15, -0.1) is 0 Å². The number of hydrogen-bond donors (Lipinski definition) is 1. The van der Waals surface area contributed by atoms with Crippen LogP contribution in [0.2, 0.25) is 5.02 Å². The summed E-state index contributed by atoms with van der Waals surface area (Å²) in [5.74, 6) is -0.295. The van der Waals surface area contributed by atoms with Gasteiger partial charge in [-0.05, 0) is 74.9 Å². The third-order valence-corrected chi connectivity index (χ3v) is 7.21. The van der Waals surface area contributed by atoms with Crippen molar-refractivity contribution >= 4 is 11.6 Å². The minimum absolute atomic E-state index is 0.125. The lowest BCUT2D eigenvalue weighted by atomic mass is 9.66. The van der Waals surface area contributed by atoms with Gasteiger partial charge >= 0.3 is 0 Å². The number of halogens is 2. The molecule has 2 aromatic rings. The molecular weight excluding hydrogens is 403 g/mol. The van der Waals surface area contributed by atoms with Gasteiger partial charge in [-0.25, -0.2) is 4.39 Å².